The zero-order chi connectivity index (χ0) is 14.7. The highest BCUT2D eigenvalue weighted by Crippen LogP contribution is 2.26. The molecule has 1 heterocycles. The molecule has 0 bridgehead atoms. The summed E-state index contributed by atoms with van der Waals surface area (Å²) >= 11 is 8.01. The maximum absolute atomic E-state index is 13.4. The topological polar surface area (TPSA) is 47.0 Å². The molecule has 0 fully saturated rings. The minimum Gasteiger partial charge on any atom is -0.378 e. The Labute approximate surface area is 134 Å². The van der Waals surface area contributed by atoms with E-state index in [4.69, 9.17) is 16.3 Å². The standard InChI is InChI=1S/C13H12ClFIN3O/c1-17-13-11(16)10(6-20-2)18-12(19-13)7-3-8(14)5-9(15)4-7/h3-5H,6H2,1-2H3,(H,17,18,19). The number of hydrogen-bond donors (Lipinski definition) is 1. The fourth-order valence-corrected chi connectivity index (χ4v) is 2.59. The van der Waals surface area contributed by atoms with Gasteiger partial charge in [0.25, 0.3) is 0 Å². The van der Waals surface area contributed by atoms with Crippen LogP contribution >= 0.6 is 34.2 Å². The first kappa shape index (κ1) is 15.4. The number of rotatable bonds is 4. The van der Waals surface area contributed by atoms with Crippen LogP contribution in [0.5, 0.6) is 0 Å². The van der Waals surface area contributed by atoms with Crippen LogP contribution < -0.4 is 5.32 Å². The molecule has 0 amide bonds. The van der Waals surface area contributed by atoms with Gasteiger partial charge in [0.15, 0.2) is 5.82 Å². The molecule has 0 unspecified atom stereocenters. The normalized spacial score (nSPS) is 10.7. The van der Waals surface area contributed by atoms with Crippen molar-refractivity contribution in [2.75, 3.05) is 19.5 Å². The zero-order valence-electron chi connectivity index (χ0n) is 10.9. The molecular formula is C13H12ClFIN3O. The number of hydrogen-bond acceptors (Lipinski definition) is 4. The average Bonchev–Trinajstić information content (AvgIpc) is 2.40. The second-order valence-electron chi connectivity index (χ2n) is 4.00. The molecule has 2 aromatic rings. The van der Waals surface area contributed by atoms with Crippen molar-refractivity contribution in [3.05, 3.63) is 38.3 Å². The van der Waals surface area contributed by atoms with Crippen molar-refractivity contribution in [3.63, 3.8) is 0 Å². The highest BCUT2D eigenvalue weighted by molar-refractivity contribution is 14.1. The van der Waals surface area contributed by atoms with E-state index in [1.807, 2.05) is 0 Å². The molecule has 1 N–H and O–H groups in total. The van der Waals surface area contributed by atoms with Crippen LogP contribution in [0, 0.1) is 9.39 Å². The van der Waals surface area contributed by atoms with Gasteiger partial charge in [-0.1, -0.05) is 11.6 Å². The highest BCUT2D eigenvalue weighted by atomic mass is 127. The Morgan fingerprint density at radius 1 is 1.35 bits per heavy atom. The number of halogens is 3. The second-order valence-corrected chi connectivity index (χ2v) is 5.51. The second kappa shape index (κ2) is 6.64. The van der Waals surface area contributed by atoms with Crippen molar-refractivity contribution in [3.8, 4) is 11.4 Å². The number of methoxy groups -OCH3 is 1. The van der Waals surface area contributed by atoms with Crippen LogP contribution in [0.4, 0.5) is 10.2 Å². The molecule has 0 saturated carbocycles. The van der Waals surface area contributed by atoms with Crippen LogP contribution in [0.2, 0.25) is 5.02 Å². The van der Waals surface area contributed by atoms with Gasteiger partial charge in [-0.2, -0.15) is 0 Å². The molecule has 106 valence electrons. The third-order valence-electron chi connectivity index (χ3n) is 2.56. The summed E-state index contributed by atoms with van der Waals surface area (Å²) in [5, 5.41) is 3.30. The van der Waals surface area contributed by atoms with Gasteiger partial charge in [-0.15, -0.1) is 0 Å². The molecule has 7 heteroatoms. The van der Waals surface area contributed by atoms with Crippen LogP contribution in [0.3, 0.4) is 0 Å². The van der Waals surface area contributed by atoms with Crippen molar-refractivity contribution < 1.29 is 9.13 Å². The lowest BCUT2D eigenvalue weighted by atomic mass is 10.2. The molecule has 0 aliphatic heterocycles. The monoisotopic (exact) mass is 407 g/mol. The van der Waals surface area contributed by atoms with Gasteiger partial charge in [-0.3, -0.25) is 0 Å². The van der Waals surface area contributed by atoms with Gasteiger partial charge in [0, 0.05) is 24.7 Å². The molecule has 1 aromatic heterocycles. The molecule has 0 saturated heterocycles. The van der Waals surface area contributed by atoms with Crippen molar-refractivity contribution in [2.45, 2.75) is 6.61 Å². The first-order chi connectivity index (χ1) is 9.55. The summed E-state index contributed by atoms with van der Waals surface area (Å²) < 4.78 is 19.4. The van der Waals surface area contributed by atoms with Crippen molar-refractivity contribution >= 4 is 40.0 Å². The minimum atomic E-state index is -0.422. The average molecular weight is 408 g/mol. The van der Waals surface area contributed by atoms with Crippen LogP contribution in [0.1, 0.15) is 5.69 Å². The zero-order valence-corrected chi connectivity index (χ0v) is 13.8. The molecule has 4 nitrogen and oxygen atoms in total. The Kier molecular flexibility index (Phi) is 5.11. The first-order valence-electron chi connectivity index (χ1n) is 5.74. The van der Waals surface area contributed by atoms with Gasteiger partial charge in [-0.25, -0.2) is 14.4 Å². The third-order valence-corrected chi connectivity index (χ3v) is 3.91. The summed E-state index contributed by atoms with van der Waals surface area (Å²) in [5.74, 6) is 0.653. The van der Waals surface area contributed by atoms with Crippen LogP contribution in [-0.4, -0.2) is 24.1 Å². The van der Waals surface area contributed by atoms with E-state index in [-0.39, 0.29) is 0 Å². The van der Waals surface area contributed by atoms with E-state index >= 15 is 0 Å². The Morgan fingerprint density at radius 2 is 2.10 bits per heavy atom. The van der Waals surface area contributed by atoms with E-state index in [0.29, 0.717) is 28.8 Å². The number of nitrogens with one attached hydrogen (secondary N) is 1. The molecular weight excluding hydrogens is 396 g/mol. The predicted octanol–water partition coefficient (Wildman–Crippen LogP) is 3.73. The number of nitrogens with zero attached hydrogens (tertiary/aromatic N) is 2. The number of benzene rings is 1. The number of ether oxygens (including phenoxy) is 1. The van der Waals surface area contributed by atoms with Gasteiger partial charge in [0.05, 0.1) is 15.9 Å². The lowest BCUT2D eigenvalue weighted by Crippen LogP contribution is -2.06. The van der Waals surface area contributed by atoms with Crippen molar-refractivity contribution in [1.82, 2.24) is 9.97 Å². The van der Waals surface area contributed by atoms with E-state index < -0.39 is 5.82 Å². The fraction of sp³-hybridized carbons (Fsp3) is 0.231. The Bertz CT molecular complexity index is 619. The molecule has 1 aromatic carbocycles. The van der Waals surface area contributed by atoms with Gasteiger partial charge in [0.1, 0.15) is 11.6 Å². The fourth-order valence-electron chi connectivity index (χ4n) is 1.70. The van der Waals surface area contributed by atoms with E-state index in [2.05, 4.69) is 37.9 Å². The van der Waals surface area contributed by atoms with E-state index in [1.54, 1.807) is 20.2 Å². The first-order valence-corrected chi connectivity index (χ1v) is 7.20. The summed E-state index contributed by atoms with van der Waals surface area (Å²) in [4.78, 5) is 8.79. The predicted molar refractivity (Wildman–Crippen MR) is 85.4 cm³/mol. The van der Waals surface area contributed by atoms with Gasteiger partial charge < -0.3 is 10.1 Å². The number of aromatic nitrogens is 2. The largest absolute Gasteiger partial charge is 0.378 e. The molecule has 20 heavy (non-hydrogen) atoms. The summed E-state index contributed by atoms with van der Waals surface area (Å²) in [6.07, 6.45) is 0. The molecule has 0 aliphatic rings. The minimum absolute atomic E-state index is 0.307. The van der Waals surface area contributed by atoms with Crippen LogP contribution in [0.25, 0.3) is 11.4 Å². The van der Waals surface area contributed by atoms with Crippen molar-refractivity contribution in [2.24, 2.45) is 0 Å². The maximum Gasteiger partial charge on any atom is 0.162 e. The van der Waals surface area contributed by atoms with E-state index in [9.17, 15) is 4.39 Å². The maximum atomic E-state index is 13.4. The Morgan fingerprint density at radius 3 is 2.70 bits per heavy atom. The molecule has 2 rings (SSSR count). The Hall–Kier alpha value is -0.990. The van der Waals surface area contributed by atoms with Crippen LogP contribution in [0.15, 0.2) is 18.2 Å². The summed E-state index contributed by atoms with van der Waals surface area (Å²) in [7, 11) is 3.36. The smallest absolute Gasteiger partial charge is 0.162 e. The highest BCUT2D eigenvalue weighted by Gasteiger charge is 2.13. The van der Waals surface area contributed by atoms with Gasteiger partial charge in [-0.05, 0) is 40.8 Å². The molecule has 0 spiro atoms. The van der Waals surface area contributed by atoms with Gasteiger partial charge >= 0.3 is 0 Å². The SMILES string of the molecule is CNc1nc(-c2cc(F)cc(Cl)c2)nc(COC)c1I. The van der Waals surface area contributed by atoms with E-state index in [1.165, 1.54) is 12.1 Å². The van der Waals surface area contributed by atoms with Gasteiger partial charge in [0.2, 0.25) is 0 Å². The Balaban J connectivity index is 2.58. The van der Waals surface area contributed by atoms with E-state index in [0.717, 1.165) is 9.26 Å². The lowest BCUT2D eigenvalue weighted by molar-refractivity contribution is 0.181. The third kappa shape index (κ3) is 3.36. The number of anilines is 1. The quantitative estimate of drug-likeness (QED) is 0.785. The molecule has 0 atom stereocenters. The van der Waals surface area contributed by atoms with Crippen LogP contribution in [-0.2, 0) is 11.3 Å². The summed E-state index contributed by atoms with van der Waals surface area (Å²) in [6, 6.07) is 4.22. The lowest BCUT2D eigenvalue weighted by Gasteiger charge is -2.11. The van der Waals surface area contributed by atoms with Crippen molar-refractivity contribution in [1.29, 1.82) is 0 Å². The summed E-state index contributed by atoms with van der Waals surface area (Å²) in [6.45, 7) is 0.353. The molecule has 0 radical (unpaired) electrons. The summed E-state index contributed by atoms with van der Waals surface area (Å²) in [5.41, 5.74) is 1.27. The molecule has 0 aliphatic carbocycles.